The summed E-state index contributed by atoms with van der Waals surface area (Å²) in [6.45, 7) is 3.71. The summed E-state index contributed by atoms with van der Waals surface area (Å²) in [5, 5.41) is 2.82. The first kappa shape index (κ1) is 27.1. The average Bonchev–Trinajstić information content (AvgIpc) is 2.81. The van der Waals surface area contributed by atoms with Gasteiger partial charge in [0.25, 0.3) is 0 Å². The number of hydrogen-bond donors (Lipinski definition) is 1. The maximum absolute atomic E-state index is 13.5. The lowest BCUT2D eigenvalue weighted by atomic mass is 10.1. The number of carbonyl (C=O) groups is 2. The Hall–Kier alpha value is -3.14. The highest BCUT2D eigenvalue weighted by atomic mass is 32.2. The van der Waals surface area contributed by atoms with Gasteiger partial charge in [0, 0.05) is 13.1 Å². The summed E-state index contributed by atoms with van der Waals surface area (Å²) in [5.41, 5.74) is 0.879. The first-order valence-corrected chi connectivity index (χ1v) is 12.9. The molecule has 2 aromatic rings. The number of benzene rings is 2. The van der Waals surface area contributed by atoms with Crippen molar-refractivity contribution in [2.75, 3.05) is 30.8 Å². The molecule has 0 heterocycles. The summed E-state index contributed by atoms with van der Waals surface area (Å²) in [7, 11) is -2.34. The SMILES string of the molecule is CCCNC(=O)[C@@H](CC)N(Cc1cccc(OC)c1)C(=O)CN(c1ccc(F)cc1)S(C)(=O)=O. The predicted octanol–water partition coefficient (Wildman–Crippen LogP) is 2.93. The van der Waals surface area contributed by atoms with Gasteiger partial charge in [0.15, 0.2) is 0 Å². The van der Waals surface area contributed by atoms with Crippen molar-refractivity contribution in [3.8, 4) is 5.75 Å². The number of ether oxygens (including phenoxy) is 1. The summed E-state index contributed by atoms with van der Waals surface area (Å²) in [4.78, 5) is 27.8. The number of nitrogens with zero attached hydrogens (tertiary/aromatic N) is 2. The van der Waals surface area contributed by atoms with E-state index in [0.29, 0.717) is 18.7 Å². The zero-order chi connectivity index (χ0) is 25.3. The van der Waals surface area contributed by atoms with E-state index < -0.39 is 34.3 Å². The van der Waals surface area contributed by atoms with Crippen molar-refractivity contribution < 1.29 is 27.1 Å². The molecule has 1 atom stereocenters. The van der Waals surface area contributed by atoms with Gasteiger partial charge in [0.2, 0.25) is 21.8 Å². The Morgan fingerprint density at radius 1 is 1.12 bits per heavy atom. The molecule has 0 saturated carbocycles. The second-order valence-electron chi connectivity index (χ2n) is 7.83. The first-order chi connectivity index (χ1) is 16.1. The van der Waals surface area contributed by atoms with Crippen LogP contribution in [0.5, 0.6) is 5.75 Å². The predicted molar refractivity (Wildman–Crippen MR) is 130 cm³/mol. The van der Waals surface area contributed by atoms with Crippen LogP contribution in [0.3, 0.4) is 0 Å². The number of methoxy groups -OCH3 is 1. The fourth-order valence-corrected chi connectivity index (χ4v) is 4.32. The van der Waals surface area contributed by atoms with Crippen LogP contribution in [0.15, 0.2) is 48.5 Å². The number of rotatable bonds is 12. The molecule has 2 rings (SSSR count). The molecule has 0 bridgehead atoms. The molecule has 34 heavy (non-hydrogen) atoms. The van der Waals surface area contributed by atoms with E-state index >= 15 is 0 Å². The van der Waals surface area contributed by atoms with E-state index in [1.54, 1.807) is 31.2 Å². The topological polar surface area (TPSA) is 96.0 Å². The molecule has 1 N–H and O–H groups in total. The molecular formula is C24H32FN3O5S. The third kappa shape index (κ3) is 7.44. The van der Waals surface area contributed by atoms with Crippen LogP contribution in [0.1, 0.15) is 32.3 Å². The lowest BCUT2D eigenvalue weighted by molar-refractivity contribution is -0.140. The van der Waals surface area contributed by atoms with Crippen molar-refractivity contribution in [2.45, 2.75) is 39.3 Å². The molecule has 0 aliphatic rings. The van der Waals surface area contributed by atoms with Gasteiger partial charge in [-0.3, -0.25) is 13.9 Å². The first-order valence-electron chi connectivity index (χ1n) is 11.0. The second-order valence-corrected chi connectivity index (χ2v) is 9.74. The van der Waals surface area contributed by atoms with Crippen molar-refractivity contribution in [3.05, 3.63) is 59.9 Å². The quantitative estimate of drug-likeness (QED) is 0.491. The number of anilines is 1. The average molecular weight is 494 g/mol. The van der Waals surface area contributed by atoms with Gasteiger partial charge in [-0.15, -0.1) is 0 Å². The third-order valence-electron chi connectivity index (χ3n) is 5.22. The molecular weight excluding hydrogens is 461 g/mol. The van der Waals surface area contributed by atoms with E-state index in [2.05, 4.69) is 5.32 Å². The highest BCUT2D eigenvalue weighted by Crippen LogP contribution is 2.21. The van der Waals surface area contributed by atoms with Gasteiger partial charge < -0.3 is 15.0 Å². The van der Waals surface area contributed by atoms with Crippen LogP contribution >= 0.6 is 0 Å². The minimum Gasteiger partial charge on any atom is -0.497 e. The Morgan fingerprint density at radius 3 is 2.35 bits per heavy atom. The maximum atomic E-state index is 13.5. The number of halogens is 1. The molecule has 8 nitrogen and oxygen atoms in total. The zero-order valence-electron chi connectivity index (χ0n) is 20.0. The van der Waals surface area contributed by atoms with Crippen LogP contribution in [-0.2, 0) is 26.2 Å². The molecule has 0 aromatic heterocycles. The highest BCUT2D eigenvalue weighted by Gasteiger charge is 2.31. The smallest absolute Gasteiger partial charge is 0.244 e. The summed E-state index contributed by atoms with van der Waals surface area (Å²) in [5.74, 6) is -0.802. The summed E-state index contributed by atoms with van der Waals surface area (Å²) < 4.78 is 44.5. The highest BCUT2D eigenvalue weighted by molar-refractivity contribution is 7.92. The summed E-state index contributed by atoms with van der Waals surface area (Å²) >= 11 is 0. The molecule has 2 aromatic carbocycles. The molecule has 0 unspecified atom stereocenters. The van der Waals surface area contributed by atoms with Crippen LogP contribution in [0, 0.1) is 5.82 Å². The molecule has 0 fully saturated rings. The third-order valence-corrected chi connectivity index (χ3v) is 6.36. The van der Waals surface area contributed by atoms with Gasteiger partial charge in [-0.05, 0) is 54.8 Å². The van der Waals surface area contributed by atoms with Crippen LogP contribution in [-0.4, -0.2) is 57.6 Å². The number of amides is 2. The molecule has 0 aliphatic carbocycles. The van der Waals surface area contributed by atoms with Crippen LogP contribution in [0.4, 0.5) is 10.1 Å². The number of nitrogens with one attached hydrogen (secondary N) is 1. The van der Waals surface area contributed by atoms with E-state index in [-0.39, 0.29) is 18.1 Å². The normalized spacial score (nSPS) is 12.0. The fraction of sp³-hybridized carbons (Fsp3) is 0.417. The number of carbonyl (C=O) groups excluding carboxylic acids is 2. The number of sulfonamides is 1. The Balaban J connectivity index is 2.42. The Kier molecular flexibility index (Phi) is 9.85. The van der Waals surface area contributed by atoms with Crippen LogP contribution in [0.2, 0.25) is 0 Å². The van der Waals surface area contributed by atoms with Crippen molar-refractivity contribution >= 4 is 27.5 Å². The fourth-order valence-electron chi connectivity index (χ4n) is 3.47. The molecule has 0 saturated heterocycles. The lowest BCUT2D eigenvalue weighted by Crippen LogP contribution is -2.52. The van der Waals surface area contributed by atoms with Gasteiger partial charge in [-0.2, -0.15) is 0 Å². The van der Waals surface area contributed by atoms with Crippen molar-refractivity contribution in [1.82, 2.24) is 10.2 Å². The molecule has 0 aliphatic heterocycles. The Morgan fingerprint density at radius 2 is 1.79 bits per heavy atom. The standard InChI is InChI=1S/C24H32FN3O5S/c1-5-14-26-24(30)22(6-2)27(16-18-8-7-9-21(15-18)33-3)23(29)17-28(34(4,31)32)20-12-10-19(25)11-13-20/h7-13,15,22H,5-6,14,16-17H2,1-4H3,(H,26,30)/t22-/m1/s1. The van der Waals surface area contributed by atoms with E-state index in [4.69, 9.17) is 4.74 Å². The molecule has 186 valence electrons. The molecule has 0 spiro atoms. The monoisotopic (exact) mass is 493 g/mol. The minimum atomic E-state index is -3.87. The molecule has 10 heteroatoms. The van der Waals surface area contributed by atoms with Gasteiger partial charge in [-0.1, -0.05) is 26.0 Å². The Labute approximate surface area is 200 Å². The maximum Gasteiger partial charge on any atom is 0.244 e. The lowest BCUT2D eigenvalue weighted by Gasteiger charge is -2.33. The summed E-state index contributed by atoms with van der Waals surface area (Å²) in [6.07, 6.45) is 2.04. The van der Waals surface area contributed by atoms with E-state index in [1.165, 1.54) is 24.1 Å². The van der Waals surface area contributed by atoms with Gasteiger partial charge in [-0.25, -0.2) is 12.8 Å². The largest absolute Gasteiger partial charge is 0.497 e. The van der Waals surface area contributed by atoms with E-state index in [9.17, 15) is 22.4 Å². The van der Waals surface area contributed by atoms with Crippen molar-refractivity contribution in [1.29, 1.82) is 0 Å². The van der Waals surface area contributed by atoms with Crippen molar-refractivity contribution in [3.63, 3.8) is 0 Å². The molecule has 0 radical (unpaired) electrons. The van der Waals surface area contributed by atoms with Crippen molar-refractivity contribution in [2.24, 2.45) is 0 Å². The van der Waals surface area contributed by atoms with Crippen LogP contribution < -0.4 is 14.4 Å². The second kappa shape index (κ2) is 12.4. The molecule has 2 amide bonds. The minimum absolute atomic E-state index is 0.0785. The summed E-state index contributed by atoms with van der Waals surface area (Å²) in [6, 6.07) is 11.1. The van der Waals surface area contributed by atoms with Gasteiger partial charge >= 0.3 is 0 Å². The zero-order valence-corrected chi connectivity index (χ0v) is 20.8. The van der Waals surface area contributed by atoms with E-state index in [1.807, 2.05) is 6.92 Å². The number of hydrogen-bond acceptors (Lipinski definition) is 5. The van der Waals surface area contributed by atoms with E-state index in [0.717, 1.165) is 34.7 Å². The Bertz CT molecular complexity index is 1080. The van der Waals surface area contributed by atoms with Gasteiger partial charge in [0.05, 0.1) is 19.1 Å². The van der Waals surface area contributed by atoms with Gasteiger partial charge in [0.1, 0.15) is 24.2 Å². The van der Waals surface area contributed by atoms with Crippen LogP contribution in [0.25, 0.3) is 0 Å².